The highest BCUT2D eigenvalue weighted by Crippen LogP contribution is 2.16. The first kappa shape index (κ1) is 12.9. The number of piperazine rings is 1. The van der Waals surface area contributed by atoms with Crippen molar-refractivity contribution in [3.05, 3.63) is 29.3 Å². The van der Waals surface area contributed by atoms with Crippen LogP contribution in [-0.4, -0.2) is 54.1 Å². The Morgan fingerprint density at radius 3 is 2.61 bits per heavy atom. The van der Waals surface area contributed by atoms with Gasteiger partial charge in [-0.15, -0.1) is 0 Å². The molecule has 0 unspecified atom stereocenters. The SMILES string of the molecule is CN1CCN(Cc2ccc(N)c(C(=O)O)c2)CC1. The number of carboxylic acid groups (broad SMARTS) is 1. The number of nitrogens with two attached hydrogens (primary N) is 1. The van der Waals surface area contributed by atoms with Crippen molar-refractivity contribution < 1.29 is 9.90 Å². The van der Waals surface area contributed by atoms with Crippen molar-refractivity contribution in [2.75, 3.05) is 39.0 Å². The van der Waals surface area contributed by atoms with Crippen LogP contribution in [0.5, 0.6) is 0 Å². The molecule has 0 atom stereocenters. The van der Waals surface area contributed by atoms with Gasteiger partial charge >= 0.3 is 5.97 Å². The summed E-state index contributed by atoms with van der Waals surface area (Å²) in [6, 6.07) is 5.25. The van der Waals surface area contributed by atoms with E-state index in [-0.39, 0.29) is 5.56 Å². The molecule has 0 spiro atoms. The summed E-state index contributed by atoms with van der Waals surface area (Å²) in [5.74, 6) is -0.965. The second-order valence-electron chi connectivity index (χ2n) is 4.81. The minimum absolute atomic E-state index is 0.196. The van der Waals surface area contributed by atoms with Crippen LogP contribution in [0.4, 0.5) is 5.69 Å². The van der Waals surface area contributed by atoms with Crippen molar-refractivity contribution in [2.24, 2.45) is 0 Å². The van der Waals surface area contributed by atoms with Crippen LogP contribution in [0.15, 0.2) is 18.2 Å². The van der Waals surface area contributed by atoms with Crippen molar-refractivity contribution in [2.45, 2.75) is 6.54 Å². The Bertz CT molecular complexity index is 440. The number of likely N-dealkylation sites (N-methyl/N-ethyl adjacent to an activating group) is 1. The Morgan fingerprint density at radius 1 is 1.33 bits per heavy atom. The van der Waals surface area contributed by atoms with E-state index in [1.54, 1.807) is 12.1 Å². The Morgan fingerprint density at radius 2 is 2.00 bits per heavy atom. The van der Waals surface area contributed by atoms with E-state index in [4.69, 9.17) is 10.8 Å². The van der Waals surface area contributed by atoms with E-state index in [1.165, 1.54) is 0 Å². The first-order valence-corrected chi connectivity index (χ1v) is 6.09. The molecule has 2 rings (SSSR count). The summed E-state index contributed by atoms with van der Waals surface area (Å²) in [4.78, 5) is 15.6. The minimum Gasteiger partial charge on any atom is -0.478 e. The van der Waals surface area contributed by atoms with E-state index in [9.17, 15) is 4.79 Å². The van der Waals surface area contributed by atoms with Crippen LogP contribution >= 0.6 is 0 Å². The van der Waals surface area contributed by atoms with Crippen molar-refractivity contribution in [3.63, 3.8) is 0 Å². The van der Waals surface area contributed by atoms with Gasteiger partial charge in [-0.05, 0) is 24.7 Å². The van der Waals surface area contributed by atoms with Gasteiger partial charge in [-0.2, -0.15) is 0 Å². The van der Waals surface area contributed by atoms with Gasteiger partial charge in [-0.1, -0.05) is 6.07 Å². The number of hydrogen-bond acceptors (Lipinski definition) is 4. The number of anilines is 1. The lowest BCUT2D eigenvalue weighted by molar-refractivity contribution is 0.0697. The smallest absolute Gasteiger partial charge is 0.337 e. The molecule has 1 aliphatic heterocycles. The maximum absolute atomic E-state index is 11.0. The first-order chi connectivity index (χ1) is 8.56. The third-order valence-corrected chi connectivity index (χ3v) is 3.35. The standard InChI is InChI=1S/C13H19N3O2/c1-15-4-6-16(7-5-15)9-10-2-3-12(14)11(8-10)13(17)18/h2-3,8H,4-7,9,14H2,1H3,(H,17,18). The number of carbonyl (C=O) groups is 1. The monoisotopic (exact) mass is 249 g/mol. The number of rotatable bonds is 3. The minimum atomic E-state index is -0.965. The molecule has 1 saturated heterocycles. The average Bonchev–Trinajstić information content (AvgIpc) is 2.34. The number of aromatic carboxylic acids is 1. The summed E-state index contributed by atoms with van der Waals surface area (Å²) < 4.78 is 0. The summed E-state index contributed by atoms with van der Waals surface area (Å²) in [6.45, 7) is 4.93. The summed E-state index contributed by atoms with van der Waals surface area (Å²) in [6.07, 6.45) is 0. The van der Waals surface area contributed by atoms with Gasteiger partial charge in [0, 0.05) is 38.4 Å². The Labute approximate surface area is 107 Å². The molecular weight excluding hydrogens is 230 g/mol. The van der Waals surface area contributed by atoms with Gasteiger partial charge in [0.25, 0.3) is 0 Å². The largest absolute Gasteiger partial charge is 0.478 e. The first-order valence-electron chi connectivity index (χ1n) is 6.09. The van der Waals surface area contributed by atoms with Crippen LogP contribution < -0.4 is 5.73 Å². The van der Waals surface area contributed by atoms with E-state index >= 15 is 0 Å². The normalized spacial score (nSPS) is 17.8. The highest BCUT2D eigenvalue weighted by Gasteiger charge is 2.15. The van der Waals surface area contributed by atoms with Crippen LogP contribution in [0.3, 0.4) is 0 Å². The lowest BCUT2D eigenvalue weighted by Crippen LogP contribution is -2.43. The number of carboxylic acids is 1. The van der Waals surface area contributed by atoms with E-state index < -0.39 is 5.97 Å². The van der Waals surface area contributed by atoms with Gasteiger partial charge in [-0.25, -0.2) is 4.79 Å². The molecule has 1 heterocycles. The zero-order chi connectivity index (χ0) is 13.1. The number of nitrogen functional groups attached to an aromatic ring is 1. The zero-order valence-corrected chi connectivity index (χ0v) is 10.6. The molecule has 98 valence electrons. The molecule has 1 aromatic rings. The molecule has 5 heteroatoms. The van der Waals surface area contributed by atoms with Crippen LogP contribution in [0.1, 0.15) is 15.9 Å². The Hall–Kier alpha value is -1.59. The van der Waals surface area contributed by atoms with Crippen LogP contribution in [0, 0.1) is 0 Å². The third-order valence-electron chi connectivity index (χ3n) is 3.35. The van der Waals surface area contributed by atoms with E-state index in [2.05, 4.69) is 16.8 Å². The molecule has 5 nitrogen and oxygen atoms in total. The maximum atomic E-state index is 11.0. The van der Waals surface area contributed by atoms with Gasteiger partial charge in [0.2, 0.25) is 0 Å². The fourth-order valence-electron chi connectivity index (χ4n) is 2.15. The number of benzene rings is 1. The number of hydrogen-bond donors (Lipinski definition) is 2. The van der Waals surface area contributed by atoms with E-state index in [0.29, 0.717) is 5.69 Å². The molecule has 1 fully saturated rings. The van der Waals surface area contributed by atoms with Crippen molar-refractivity contribution in [3.8, 4) is 0 Å². The molecule has 0 bridgehead atoms. The molecule has 0 saturated carbocycles. The molecular formula is C13H19N3O2. The maximum Gasteiger partial charge on any atom is 0.337 e. The fourth-order valence-corrected chi connectivity index (χ4v) is 2.15. The van der Waals surface area contributed by atoms with E-state index in [0.717, 1.165) is 38.3 Å². The number of nitrogens with zero attached hydrogens (tertiary/aromatic N) is 2. The van der Waals surface area contributed by atoms with Gasteiger partial charge in [0.15, 0.2) is 0 Å². The average molecular weight is 249 g/mol. The van der Waals surface area contributed by atoms with Gasteiger partial charge in [0.05, 0.1) is 5.56 Å². The Balaban J connectivity index is 2.05. The molecule has 1 aromatic carbocycles. The zero-order valence-electron chi connectivity index (χ0n) is 10.6. The summed E-state index contributed by atoms with van der Waals surface area (Å²) >= 11 is 0. The fraction of sp³-hybridized carbons (Fsp3) is 0.462. The topological polar surface area (TPSA) is 69.8 Å². The van der Waals surface area contributed by atoms with Gasteiger partial charge in [-0.3, -0.25) is 4.90 Å². The molecule has 3 N–H and O–H groups in total. The predicted octanol–water partition coefficient (Wildman–Crippen LogP) is 0.714. The quantitative estimate of drug-likeness (QED) is 0.772. The van der Waals surface area contributed by atoms with E-state index in [1.807, 2.05) is 6.07 Å². The van der Waals surface area contributed by atoms with Crippen LogP contribution in [-0.2, 0) is 6.54 Å². The molecule has 0 radical (unpaired) electrons. The highest BCUT2D eigenvalue weighted by atomic mass is 16.4. The lowest BCUT2D eigenvalue weighted by atomic mass is 10.1. The lowest BCUT2D eigenvalue weighted by Gasteiger charge is -2.32. The molecule has 0 aromatic heterocycles. The summed E-state index contributed by atoms with van der Waals surface area (Å²) in [5, 5.41) is 9.03. The second-order valence-corrected chi connectivity index (χ2v) is 4.81. The second kappa shape index (κ2) is 5.37. The molecule has 1 aliphatic rings. The van der Waals surface area contributed by atoms with Crippen molar-refractivity contribution in [1.82, 2.24) is 9.80 Å². The van der Waals surface area contributed by atoms with Crippen molar-refractivity contribution >= 4 is 11.7 Å². The summed E-state index contributed by atoms with van der Waals surface area (Å²) in [7, 11) is 2.11. The van der Waals surface area contributed by atoms with Gasteiger partial charge < -0.3 is 15.7 Å². The predicted molar refractivity (Wildman–Crippen MR) is 70.6 cm³/mol. The van der Waals surface area contributed by atoms with Crippen molar-refractivity contribution in [1.29, 1.82) is 0 Å². The summed E-state index contributed by atoms with van der Waals surface area (Å²) in [5.41, 5.74) is 7.17. The van der Waals surface area contributed by atoms with Crippen LogP contribution in [0.2, 0.25) is 0 Å². The molecule has 0 amide bonds. The third kappa shape index (κ3) is 3.00. The molecule has 18 heavy (non-hydrogen) atoms. The highest BCUT2D eigenvalue weighted by molar-refractivity contribution is 5.93. The Kier molecular flexibility index (Phi) is 3.84. The van der Waals surface area contributed by atoms with Crippen LogP contribution in [0.25, 0.3) is 0 Å². The molecule has 0 aliphatic carbocycles. The van der Waals surface area contributed by atoms with Gasteiger partial charge in [0.1, 0.15) is 0 Å².